The van der Waals surface area contributed by atoms with Crippen molar-refractivity contribution in [3.63, 3.8) is 0 Å². The number of nitrogens with one attached hydrogen (secondary N) is 1. The highest BCUT2D eigenvalue weighted by molar-refractivity contribution is 9.10. The van der Waals surface area contributed by atoms with Crippen molar-refractivity contribution in [3.05, 3.63) is 92.4 Å². The lowest BCUT2D eigenvalue weighted by molar-refractivity contribution is -0.139. The van der Waals surface area contributed by atoms with E-state index in [4.69, 9.17) is 16.6 Å². The van der Waals surface area contributed by atoms with E-state index < -0.39 is 6.17 Å². The van der Waals surface area contributed by atoms with Crippen molar-refractivity contribution in [2.45, 2.75) is 57.7 Å². The Hall–Kier alpha value is -2.81. The van der Waals surface area contributed by atoms with E-state index in [1.165, 1.54) is 16.7 Å². The zero-order valence-electron chi connectivity index (χ0n) is 22.1. The number of pyridine rings is 2. The largest absolute Gasteiger partial charge is 0.334 e. The minimum Gasteiger partial charge on any atom is -0.334 e. The number of hydrogen-bond acceptors (Lipinski definition) is 5. The fourth-order valence-electron chi connectivity index (χ4n) is 5.64. The lowest BCUT2D eigenvalue weighted by Crippen LogP contribution is -2.62. The third-order valence-corrected chi connectivity index (χ3v) is 8.22. The number of aromatic nitrogens is 2. The predicted octanol–water partition coefficient (Wildman–Crippen LogP) is 5.10. The van der Waals surface area contributed by atoms with Gasteiger partial charge in [0.2, 0.25) is 11.8 Å². The maximum absolute atomic E-state index is 13.2. The average molecular weight is 611 g/mol. The summed E-state index contributed by atoms with van der Waals surface area (Å²) in [5.41, 5.74) is 5.44. The molecule has 0 radical (unpaired) electrons. The molecule has 9 heteroatoms. The summed E-state index contributed by atoms with van der Waals surface area (Å²) in [5.74, 6) is -0.0441. The van der Waals surface area contributed by atoms with E-state index in [9.17, 15) is 9.59 Å². The Morgan fingerprint density at radius 3 is 2.77 bits per heavy atom. The molecular formula is C30H33BrClN5O2. The lowest BCUT2D eigenvalue weighted by Gasteiger charge is -2.45. The van der Waals surface area contributed by atoms with Gasteiger partial charge in [-0.3, -0.25) is 24.5 Å². The van der Waals surface area contributed by atoms with Gasteiger partial charge in [0.25, 0.3) is 0 Å². The molecule has 1 aromatic carbocycles. The first-order chi connectivity index (χ1) is 18.9. The highest BCUT2D eigenvalue weighted by atomic mass is 79.9. The van der Waals surface area contributed by atoms with Crippen molar-refractivity contribution in [1.29, 1.82) is 0 Å². The van der Waals surface area contributed by atoms with E-state index >= 15 is 0 Å². The summed E-state index contributed by atoms with van der Waals surface area (Å²) < 4.78 is 0.955. The molecule has 0 bridgehead atoms. The first kappa shape index (κ1) is 27.7. The minimum absolute atomic E-state index is 0.0821. The zero-order valence-corrected chi connectivity index (χ0v) is 24.4. The van der Waals surface area contributed by atoms with Gasteiger partial charge in [0.1, 0.15) is 6.17 Å². The second-order valence-corrected chi connectivity index (χ2v) is 11.6. The van der Waals surface area contributed by atoms with Crippen LogP contribution >= 0.6 is 27.5 Å². The van der Waals surface area contributed by atoms with Crippen LogP contribution in [0.25, 0.3) is 0 Å². The van der Waals surface area contributed by atoms with E-state index in [0.717, 1.165) is 46.4 Å². The SMILES string of the molecule is CCCCC(=O)N1CCN(C2c3ccc(Cl)cc3CCc3cc(Br)cnc32)CC1NC(=O)Cc1cccnc1. The van der Waals surface area contributed by atoms with Crippen LogP contribution in [0.1, 0.15) is 60.2 Å². The third kappa shape index (κ3) is 6.51. The first-order valence-corrected chi connectivity index (χ1v) is 14.7. The number of piperazine rings is 1. The summed E-state index contributed by atoms with van der Waals surface area (Å²) in [6.07, 6.45) is 9.02. The summed E-state index contributed by atoms with van der Waals surface area (Å²) in [4.78, 5) is 39.6. The van der Waals surface area contributed by atoms with Gasteiger partial charge < -0.3 is 10.2 Å². The van der Waals surface area contributed by atoms with Crippen LogP contribution < -0.4 is 5.32 Å². The van der Waals surface area contributed by atoms with Gasteiger partial charge in [-0.15, -0.1) is 0 Å². The van der Waals surface area contributed by atoms with E-state index in [1.807, 2.05) is 29.3 Å². The fourth-order valence-corrected chi connectivity index (χ4v) is 6.21. The molecule has 39 heavy (non-hydrogen) atoms. The Morgan fingerprint density at radius 2 is 1.97 bits per heavy atom. The molecule has 2 aromatic heterocycles. The fraction of sp³-hybridized carbons (Fsp3) is 0.400. The molecule has 2 amide bonds. The Bertz CT molecular complexity index is 1280. The number of hydrogen-bond donors (Lipinski definition) is 1. The molecule has 5 rings (SSSR count). The molecular weight excluding hydrogens is 578 g/mol. The molecule has 2 aliphatic rings. The van der Waals surface area contributed by atoms with Gasteiger partial charge >= 0.3 is 0 Å². The molecule has 3 aromatic rings. The Morgan fingerprint density at radius 1 is 1.13 bits per heavy atom. The number of fused-ring (bicyclic) bond motifs is 2. The standard InChI is InChI=1S/C30H33BrClN5O2/c1-2-3-6-28(39)37-13-12-36(19-26(37)35-27(38)14-20-5-4-11-33-17-20)30-25-10-9-24(32)16-21(25)7-8-22-15-23(31)18-34-29(22)30/h4-5,9-11,15-18,26,30H,2-3,6-8,12-14,19H2,1H3,(H,35,38). The molecule has 1 N–H and O–H groups in total. The number of rotatable bonds is 7. The molecule has 1 fully saturated rings. The van der Waals surface area contributed by atoms with Crippen molar-refractivity contribution in [2.75, 3.05) is 19.6 Å². The van der Waals surface area contributed by atoms with Crippen molar-refractivity contribution in [3.8, 4) is 0 Å². The van der Waals surface area contributed by atoms with E-state index in [0.29, 0.717) is 26.1 Å². The predicted molar refractivity (Wildman–Crippen MR) is 155 cm³/mol. The molecule has 2 unspecified atom stereocenters. The topological polar surface area (TPSA) is 78.4 Å². The lowest BCUT2D eigenvalue weighted by atomic mass is 9.95. The zero-order chi connectivity index (χ0) is 27.4. The maximum atomic E-state index is 13.2. The number of nitrogens with zero attached hydrogens (tertiary/aromatic N) is 4. The number of benzene rings is 1. The van der Waals surface area contributed by atoms with Crippen LogP contribution in [0.4, 0.5) is 0 Å². The monoisotopic (exact) mass is 609 g/mol. The highest BCUT2D eigenvalue weighted by Gasteiger charge is 2.38. The number of carbonyl (C=O) groups excluding carboxylic acids is 2. The van der Waals surface area contributed by atoms with Crippen molar-refractivity contribution < 1.29 is 9.59 Å². The van der Waals surface area contributed by atoms with Crippen LogP contribution in [0.15, 0.2) is 59.5 Å². The van der Waals surface area contributed by atoms with E-state index in [2.05, 4.69) is 56.3 Å². The average Bonchev–Trinajstić information content (AvgIpc) is 3.08. The van der Waals surface area contributed by atoms with E-state index in [1.54, 1.807) is 12.4 Å². The summed E-state index contributed by atoms with van der Waals surface area (Å²) in [7, 11) is 0. The highest BCUT2D eigenvalue weighted by Crippen LogP contribution is 2.38. The quantitative estimate of drug-likeness (QED) is 0.403. The van der Waals surface area contributed by atoms with Gasteiger partial charge in [-0.2, -0.15) is 0 Å². The van der Waals surface area contributed by atoms with Crippen molar-refractivity contribution in [1.82, 2.24) is 25.1 Å². The van der Waals surface area contributed by atoms with Crippen LogP contribution in [0.2, 0.25) is 5.02 Å². The van der Waals surface area contributed by atoms with E-state index in [-0.39, 0.29) is 24.3 Å². The Labute approximate surface area is 243 Å². The molecule has 204 valence electrons. The molecule has 7 nitrogen and oxygen atoms in total. The molecule has 2 atom stereocenters. The van der Waals surface area contributed by atoms with Crippen LogP contribution in [0.3, 0.4) is 0 Å². The maximum Gasteiger partial charge on any atom is 0.226 e. The van der Waals surface area contributed by atoms with Gasteiger partial charge in [-0.05, 0) is 81.7 Å². The number of carbonyl (C=O) groups is 2. The van der Waals surface area contributed by atoms with Gasteiger partial charge in [-0.1, -0.05) is 37.1 Å². The molecule has 0 saturated carbocycles. The van der Waals surface area contributed by atoms with Gasteiger partial charge in [-0.25, -0.2) is 0 Å². The molecule has 0 spiro atoms. The van der Waals surface area contributed by atoms with Crippen LogP contribution in [0.5, 0.6) is 0 Å². The Balaban J connectivity index is 1.46. The smallest absolute Gasteiger partial charge is 0.226 e. The second-order valence-electron chi connectivity index (χ2n) is 10.3. The first-order valence-electron chi connectivity index (χ1n) is 13.6. The van der Waals surface area contributed by atoms with Crippen LogP contribution in [-0.2, 0) is 28.9 Å². The van der Waals surface area contributed by atoms with Crippen molar-refractivity contribution >= 4 is 39.3 Å². The molecule has 1 aliphatic heterocycles. The summed E-state index contributed by atoms with van der Waals surface area (Å²) in [6.45, 7) is 3.79. The Kier molecular flexibility index (Phi) is 8.95. The number of aryl methyl sites for hydroxylation is 2. The second kappa shape index (κ2) is 12.6. The number of unbranched alkanes of at least 4 members (excludes halogenated alkanes) is 1. The van der Waals surface area contributed by atoms with Crippen LogP contribution in [-0.4, -0.2) is 57.4 Å². The molecule has 1 saturated heterocycles. The number of amides is 2. The van der Waals surface area contributed by atoms with Gasteiger partial charge in [0, 0.05) is 54.1 Å². The summed E-state index contributed by atoms with van der Waals surface area (Å²) >= 11 is 10.0. The van der Waals surface area contributed by atoms with Gasteiger partial charge in [0.15, 0.2) is 0 Å². The summed E-state index contributed by atoms with van der Waals surface area (Å²) in [5, 5.41) is 3.90. The third-order valence-electron chi connectivity index (χ3n) is 7.55. The van der Waals surface area contributed by atoms with Crippen LogP contribution in [0, 0.1) is 0 Å². The molecule has 1 aliphatic carbocycles. The normalized spacial score (nSPS) is 19.1. The van der Waals surface area contributed by atoms with Crippen molar-refractivity contribution in [2.24, 2.45) is 0 Å². The number of halogens is 2. The molecule has 3 heterocycles. The summed E-state index contributed by atoms with van der Waals surface area (Å²) in [6, 6.07) is 11.9. The van der Waals surface area contributed by atoms with Gasteiger partial charge in [0.05, 0.1) is 18.2 Å². The minimum atomic E-state index is -0.440.